The van der Waals surface area contributed by atoms with Crippen LogP contribution in [0.2, 0.25) is 0 Å². The zero-order valence-corrected chi connectivity index (χ0v) is 15.7. The number of pyridine rings is 1. The van der Waals surface area contributed by atoms with Gasteiger partial charge in [-0.1, -0.05) is 17.8 Å². The molecule has 140 valence electrons. The van der Waals surface area contributed by atoms with Gasteiger partial charge < -0.3 is 4.74 Å². The van der Waals surface area contributed by atoms with Gasteiger partial charge in [0.15, 0.2) is 11.0 Å². The minimum atomic E-state index is -0.256. The SMILES string of the molecule is Fc1ccc(-c2nnc(SCCc3ccccn3)n2CC2CCCO2)cc1. The summed E-state index contributed by atoms with van der Waals surface area (Å²) >= 11 is 1.66. The van der Waals surface area contributed by atoms with Crippen molar-refractivity contribution in [3.63, 3.8) is 0 Å². The summed E-state index contributed by atoms with van der Waals surface area (Å²) in [5, 5.41) is 9.64. The topological polar surface area (TPSA) is 52.8 Å². The lowest BCUT2D eigenvalue weighted by Gasteiger charge is -2.14. The molecule has 0 saturated carbocycles. The van der Waals surface area contributed by atoms with Crippen molar-refractivity contribution in [1.82, 2.24) is 19.7 Å². The van der Waals surface area contributed by atoms with Crippen molar-refractivity contribution in [2.24, 2.45) is 0 Å². The largest absolute Gasteiger partial charge is 0.376 e. The van der Waals surface area contributed by atoms with Gasteiger partial charge in [-0.05, 0) is 55.7 Å². The molecule has 0 radical (unpaired) electrons. The number of aromatic nitrogens is 4. The Labute approximate surface area is 162 Å². The highest BCUT2D eigenvalue weighted by Gasteiger charge is 2.21. The molecule has 7 heteroatoms. The van der Waals surface area contributed by atoms with Gasteiger partial charge >= 0.3 is 0 Å². The van der Waals surface area contributed by atoms with E-state index in [4.69, 9.17) is 4.74 Å². The molecule has 1 aromatic carbocycles. The fraction of sp³-hybridized carbons (Fsp3) is 0.350. The number of thioether (sulfide) groups is 1. The second kappa shape index (κ2) is 8.63. The number of ether oxygens (including phenoxy) is 1. The molecule has 0 N–H and O–H groups in total. The van der Waals surface area contributed by atoms with Crippen LogP contribution in [0.25, 0.3) is 11.4 Å². The Bertz CT molecular complexity index is 863. The molecule has 0 bridgehead atoms. The van der Waals surface area contributed by atoms with Crippen LogP contribution in [0.5, 0.6) is 0 Å². The molecule has 0 aliphatic carbocycles. The average molecular weight is 384 g/mol. The van der Waals surface area contributed by atoms with Crippen LogP contribution in [0.15, 0.2) is 53.8 Å². The first-order valence-corrected chi connectivity index (χ1v) is 10.1. The van der Waals surface area contributed by atoms with E-state index in [1.807, 2.05) is 24.4 Å². The molecule has 1 unspecified atom stereocenters. The minimum Gasteiger partial charge on any atom is -0.376 e. The van der Waals surface area contributed by atoms with Gasteiger partial charge in [-0.15, -0.1) is 10.2 Å². The van der Waals surface area contributed by atoms with E-state index in [-0.39, 0.29) is 11.9 Å². The van der Waals surface area contributed by atoms with Crippen LogP contribution >= 0.6 is 11.8 Å². The van der Waals surface area contributed by atoms with Crippen molar-refractivity contribution in [2.45, 2.75) is 37.1 Å². The Hall–Kier alpha value is -2.25. The van der Waals surface area contributed by atoms with Crippen LogP contribution < -0.4 is 0 Å². The number of halogens is 1. The molecule has 3 heterocycles. The maximum atomic E-state index is 13.3. The zero-order valence-electron chi connectivity index (χ0n) is 14.9. The van der Waals surface area contributed by atoms with Crippen molar-refractivity contribution in [2.75, 3.05) is 12.4 Å². The number of aryl methyl sites for hydroxylation is 1. The first kappa shape index (κ1) is 18.1. The molecule has 4 rings (SSSR count). The van der Waals surface area contributed by atoms with E-state index >= 15 is 0 Å². The maximum absolute atomic E-state index is 13.3. The van der Waals surface area contributed by atoms with Gasteiger partial charge in [0.05, 0.1) is 12.6 Å². The van der Waals surface area contributed by atoms with E-state index in [0.29, 0.717) is 6.54 Å². The molecule has 1 fully saturated rings. The number of hydrogen-bond acceptors (Lipinski definition) is 5. The first-order valence-electron chi connectivity index (χ1n) is 9.13. The molecule has 3 aromatic rings. The molecule has 5 nitrogen and oxygen atoms in total. The molecule has 0 spiro atoms. The zero-order chi connectivity index (χ0) is 18.5. The van der Waals surface area contributed by atoms with Crippen molar-refractivity contribution in [3.05, 3.63) is 60.2 Å². The molecule has 0 amide bonds. The van der Waals surface area contributed by atoms with Crippen molar-refractivity contribution < 1.29 is 9.13 Å². The smallest absolute Gasteiger partial charge is 0.191 e. The van der Waals surface area contributed by atoms with Crippen LogP contribution in [-0.4, -0.2) is 38.2 Å². The van der Waals surface area contributed by atoms with Crippen molar-refractivity contribution in [3.8, 4) is 11.4 Å². The molecule has 1 atom stereocenters. The fourth-order valence-corrected chi connectivity index (χ4v) is 4.07. The predicted molar refractivity (Wildman–Crippen MR) is 103 cm³/mol. The minimum absolute atomic E-state index is 0.176. The summed E-state index contributed by atoms with van der Waals surface area (Å²) in [6.07, 6.45) is 4.98. The summed E-state index contributed by atoms with van der Waals surface area (Å²) in [5.74, 6) is 1.36. The normalized spacial score (nSPS) is 16.7. The van der Waals surface area contributed by atoms with Gasteiger partial charge in [-0.25, -0.2) is 4.39 Å². The van der Waals surface area contributed by atoms with Gasteiger partial charge in [0, 0.05) is 29.8 Å². The molecule has 1 saturated heterocycles. The van der Waals surface area contributed by atoms with Crippen LogP contribution in [0.4, 0.5) is 4.39 Å². The fourth-order valence-electron chi connectivity index (χ4n) is 3.16. The summed E-state index contributed by atoms with van der Waals surface area (Å²) < 4.78 is 21.2. The van der Waals surface area contributed by atoms with E-state index in [1.54, 1.807) is 23.9 Å². The predicted octanol–water partition coefficient (Wildman–Crippen LogP) is 3.99. The Morgan fingerprint density at radius 1 is 1.15 bits per heavy atom. The first-order chi connectivity index (χ1) is 13.3. The summed E-state index contributed by atoms with van der Waals surface area (Å²) in [6.45, 7) is 1.52. The summed E-state index contributed by atoms with van der Waals surface area (Å²) in [7, 11) is 0. The lowest BCUT2D eigenvalue weighted by atomic mass is 10.2. The van der Waals surface area contributed by atoms with E-state index in [1.165, 1.54) is 12.1 Å². The number of rotatable bonds is 7. The van der Waals surface area contributed by atoms with E-state index in [0.717, 1.165) is 53.9 Å². The molecule has 1 aliphatic heterocycles. The molecular weight excluding hydrogens is 363 g/mol. The molecular formula is C20H21FN4OS. The Balaban J connectivity index is 1.53. The summed E-state index contributed by atoms with van der Waals surface area (Å²) in [4.78, 5) is 4.36. The third kappa shape index (κ3) is 4.54. The molecule has 27 heavy (non-hydrogen) atoms. The highest BCUT2D eigenvalue weighted by atomic mass is 32.2. The Kier molecular flexibility index (Phi) is 5.79. The number of nitrogens with zero attached hydrogens (tertiary/aromatic N) is 4. The third-order valence-corrected chi connectivity index (χ3v) is 5.51. The average Bonchev–Trinajstić information content (AvgIpc) is 3.34. The second-order valence-electron chi connectivity index (χ2n) is 6.48. The highest BCUT2D eigenvalue weighted by molar-refractivity contribution is 7.99. The second-order valence-corrected chi connectivity index (χ2v) is 7.54. The number of benzene rings is 1. The van der Waals surface area contributed by atoms with Crippen LogP contribution in [0, 0.1) is 5.82 Å². The van der Waals surface area contributed by atoms with E-state index < -0.39 is 0 Å². The lowest BCUT2D eigenvalue weighted by molar-refractivity contribution is 0.0953. The maximum Gasteiger partial charge on any atom is 0.191 e. The van der Waals surface area contributed by atoms with Gasteiger partial charge in [-0.2, -0.15) is 0 Å². The van der Waals surface area contributed by atoms with Crippen molar-refractivity contribution in [1.29, 1.82) is 0 Å². The van der Waals surface area contributed by atoms with Gasteiger partial charge in [-0.3, -0.25) is 9.55 Å². The Morgan fingerprint density at radius 3 is 2.78 bits per heavy atom. The standard InChI is InChI=1S/C20H21FN4OS/c21-16-8-6-15(7-9-16)19-23-24-20(25(19)14-18-5-3-12-26-18)27-13-10-17-4-1-2-11-22-17/h1-2,4,6-9,11,18H,3,5,10,12-14H2. The van der Waals surface area contributed by atoms with Crippen molar-refractivity contribution >= 4 is 11.8 Å². The highest BCUT2D eigenvalue weighted by Crippen LogP contribution is 2.27. The Morgan fingerprint density at radius 2 is 2.04 bits per heavy atom. The summed E-state index contributed by atoms with van der Waals surface area (Å²) in [6, 6.07) is 12.3. The monoisotopic (exact) mass is 384 g/mol. The van der Waals surface area contributed by atoms with Crippen LogP contribution in [0.3, 0.4) is 0 Å². The quantitative estimate of drug-likeness (QED) is 0.577. The molecule has 2 aromatic heterocycles. The van der Waals surface area contributed by atoms with E-state index in [2.05, 4.69) is 19.7 Å². The van der Waals surface area contributed by atoms with Gasteiger partial charge in [0.2, 0.25) is 0 Å². The van der Waals surface area contributed by atoms with E-state index in [9.17, 15) is 4.39 Å². The molecule has 1 aliphatic rings. The van der Waals surface area contributed by atoms with Gasteiger partial charge in [0.1, 0.15) is 5.82 Å². The third-order valence-electron chi connectivity index (χ3n) is 4.54. The number of hydrogen-bond donors (Lipinski definition) is 0. The van der Waals surface area contributed by atoms with Crippen LogP contribution in [-0.2, 0) is 17.7 Å². The van der Waals surface area contributed by atoms with Crippen LogP contribution in [0.1, 0.15) is 18.5 Å². The van der Waals surface area contributed by atoms with Gasteiger partial charge in [0.25, 0.3) is 0 Å². The lowest BCUT2D eigenvalue weighted by Crippen LogP contribution is -2.16. The summed E-state index contributed by atoms with van der Waals surface area (Å²) in [5.41, 5.74) is 1.92.